The fraction of sp³-hybridized carbons (Fsp3) is 0.100. The van der Waals surface area contributed by atoms with Crippen LogP contribution in [0.5, 0.6) is 0 Å². The van der Waals surface area contributed by atoms with Crippen LogP contribution in [0.1, 0.15) is 11.1 Å². The van der Waals surface area contributed by atoms with Gasteiger partial charge < -0.3 is 0 Å². The third-order valence-corrected chi connectivity index (χ3v) is 3.07. The number of benzene rings is 2. The van der Waals surface area contributed by atoms with Gasteiger partial charge in [-0.1, -0.05) is 0 Å². The number of hydrogen-bond donors (Lipinski definition) is 0. The van der Waals surface area contributed by atoms with E-state index in [9.17, 15) is 0 Å². The molecule has 0 unspecified atom stereocenters. The zero-order valence-corrected chi connectivity index (χ0v) is 15.4. The first-order valence-electron chi connectivity index (χ1n) is 6.68. The van der Waals surface area contributed by atoms with E-state index in [0.717, 1.165) is 13.1 Å². The van der Waals surface area contributed by atoms with Crippen LogP contribution >= 0.6 is 0 Å². The molecule has 0 amide bonds. The predicted octanol–water partition coefficient (Wildman–Crippen LogP) is 2.81. The Morgan fingerprint density at radius 2 is 0.852 bits per heavy atom. The summed E-state index contributed by atoms with van der Waals surface area (Å²) < 4.78 is 37.5. The normalized spacial score (nSPS) is 6.93. The molecule has 0 aliphatic carbocycles. The van der Waals surface area contributed by atoms with Crippen LogP contribution < -0.4 is 0 Å². The van der Waals surface area contributed by atoms with Gasteiger partial charge in [0.15, 0.2) is 0 Å². The Labute approximate surface area is 167 Å². The van der Waals surface area contributed by atoms with E-state index in [-0.39, 0.29) is 0 Å². The van der Waals surface area contributed by atoms with Crippen LogP contribution in [0.4, 0.5) is 0 Å². The van der Waals surface area contributed by atoms with E-state index in [1.165, 1.54) is 11.1 Å². The molecule has 0 radical (unpaired) electrons. The van der Waals surface area contributed by atoms with Crippen LogP contribution in [0.15, 0.2) is 60.7 Å². The molecule has 2 aromatic carbocycles. The second kappa shape index (κ2) is 31.3. The van der Waals surface area contributed by atoms with Gasteiger partial charge in [0.25, 0.3) is 0 Å². The first-order valence-corrected chi connectivity index (χ1v) is 7.41. The minimum atomic E-state index is 0.933. The molecule has 0 aliphatic rings. The Kier molecular flexibility index (Phi) is 37.3. The summed E-state index contributed by atoms with van der Waals surface area (Å²) in [4.78, 5) is 2.27. The number of nitrogens with zero attached hydrogens (tertiary/aromatic N) is 1. The average Bonchev–Trinajstić information content (AvgIpc) is 2.81. The molecule has 0 N–H and O–H groups in total. The molecular weight excluding hydrogens is 386 g/mol. The van der Waals surface area contributed by atoms with Crippen LogP contribution in [0.3, 0.4) is 0 Å². The van der Waals surface area contributed by atoms with E-state index >= 15 is 0 Å². The van der Waals surface area contributed by atoms with Crippen molar-refractivity contribution >= 4 is 5.01 Å². The van der Waals surface area contributed by atoms with Gasteiger partial charge in [0.05, 0.1) is 0 Å². The van der Waals surface area contributed by atoms with Crippen LogP contribution in [0, 0.1) is 33.3 Å². The fourth-order valence-electron chi connectivity index (χ4n) is 1.77. The molecule has 136 valence electrons. The first-order chi connectivity index (χ1) is 13.4. The number of rotatable bonds is 5. The van der Waals surface area contributed by atoms with Gasteiger partial charge in [0, 0.05) is 0 Å². The van der Waals surface area contributed by atoms with Crippen LogP contribution in [0.25, 0.3) is 0 Å². The molecule has 2 aromatic rings. The van der Waals surface area contributed by atoms with Gasteiger partial charge in [-0.15, -0.1) is 0 Å². The monoisotopic (exact) mass is 401 g/mol. The predicted molar refractivity (Wildman–Crippen MR) is 87.8 cm³/mol. The Balaban J connectivity index is -0.000000230. The molecule has 27 heavy (non-hydrogen) atoms. The van der Waals surface area contributed by atoms with Crippen molar-refractivity contribution < 1.29 is 39.1 Å². The Bertz CT molecular complexity index is 587. The second-order valence-electron chi connectivity index (χ2n) is 3.98. The molecule has 0 atom stereocenters. The van der Waals surface area contributed by atoms with Gasteiger partial charge >= 0.3 is 167 Å². The van der Waals surface area contributed by atoms with Gasteiger partial charge in [0.2, 0.25) is 0 Å². The van der Waals surface area contributed by atoms with Crippen LogP contribution in [-0.2, 0) is 52.2 Å². The topological polar surface area (TPSA) is 103 Å². The minimum absolute atomic E-state index is 0.933. The van der Waals surface area contributed by atoms with Crippen LogP contribution in [0.2, 0.25) is 0 Å². The van der Waals surface area contributed by atoms with Crippen molar-refractivity contribution in [1.82, 2.24) is 4.90 Å². The van der Waals surface area contributed by atoms with E-state index < -0.39 is 0 Å². The Morgan fingerprint density at radius 1 is 0.593 bits per heavy atom. The van der Waals surface area contributed by atoms with Crippen molar-refractivity contribution in [3.63, 3.8) is 0 Å². The summed E-state index contributed by atoms with van der Waals surface area (Å²) in [5.74, 6) is 0. The molecular formula is C20H15CrNO5. The number of hydrogen-bond acceptors (Lipinski definition) is 1. The molecule has 0 aromatic heterocycles. The first kappa shape index (κ1) is 32.2. The maximum absolute atomic E-state index is 7.50. The van der Waals surface area contributed by atoms with Crippen molar-refractivity contribution in [2.24, 2.45) is 0 Å². The summed E-state index contributed by atoms with van der Waals surface area (Å²) in [7, 11) is 0. The van der Waals surface area contributed by atoms with Crippen LogP contribution in [-0.4, -0.2) is 9.91 Å². The van der Waals surface area contributed by atoms with Gasteiger partial charge in [-0.2, -0.15) is 0 Å². The van der Waals surface area contributed by atoms with E-state index in [0.29, 0.717) is 0 Å². The molecule has 0 saturated heterocycles. The van der Waals surface area contributed by atoms with E-state index in [4.69, 9.17) is 23.3 Å². The molecule has 0 fully saturated rings. The van der Waals surface area contributed by atoms with Gasteiger partial charge in [-0.05, 0) is 0 Å². The Morgan fingerprint density at radius 3 is 1.07 bits per heavy atom. The summed E-state index contributed by atoms with van der Waals surface area (Å²) in [5.41, 5.74) is 2.66. The van der Waals surface area contributed by atoms with Gasteiger partial charge in [0.1, 0.15) is 0 Å². The SMILES string of the molecule is [C-]#[O+].[C-]#[O+].[C-]#[O+].[C-]#[O+].[C-]#[O+].[Cr]=[CH]N(Cc1ccccc1)Cc1ccccc1. The molecule has 0 aliphatic heterocycles. The molecule has 0 bridgehead atoms. The van der Waals surface area contributed by atoms with Crippen molar-refractivity contribution in [2.75, 3.05) is 0 Å². The third-order valence-electron chi connectivity index (χ3n) is 2.61. The van der Waals surface area contributed by atoms with Crippen molar-refractivity contribution in [2.45, 2.75) is 13.1 Å². The molecule has 2 rings (SSSR count). The molecule has 0 heterocycles. The van der Waals surface area contributed by atoms with E-state index in [1.54, 1.807) is 0 Å². The zero-order chi connectivity index (χ0) is 21.9. The quantitative estimate of drug-likeness (QED) is 0.558. The summed E-state index contributed by atoms with van der Waals surface area (Å²) in [6.45, 7) is 24.4. The fourth-order valence-corrected chi connectivity index (χ4v) is 2.00. The van der Waals surface area contributed by atoms with E-state index in [2.05, 4.69) is 103 Å². The summed E-state index contributed by atoms with van der Waals surface area (Å²) >= 11 is 2.98. The van der Waals surface area contributed by atoms with Crippen molar-refractivity contribution in [3.8, 4) is 0 Å². The molecule has 7 heteroatoms. The van der Waals surface area contributed by atoms with Crippen molar-refractivity contribution in [3.05, 3.63) is 105 Å². The standard InChI is InChI=1S/C15H15N.5CO.Cr/c1-16(12-14-8-4-2-5-9-14)13-15-10-6-3-7-11-15;5*1-2;/h1-11H,12-13H2;;;;;;. The molecule has 0 saturated carbocycles. The summed E-state index contributed by atoms with van der Waals surface area (Å²) in [5, 5.41) is 2.03. The third kappa shape index (κ3) is 19.7. The second-order valence-corrected chi connectivity index (χ2v) is 4.31. The zero-order valence-electron chi connectivity index (χ0n) is 14.2. The molecule has 6 nitrogen and oxygen atoms in total. The summed E-state index contributed by atoms with van der Waals surface area (Å²) in [6, 6.07) is 21.0. The average molecular weight is 401 g/mol. The van der Waals surface area contributed by atoms with E-state index in [1.807, 2.05) is 17.1 Å². The molecule has 0 spiro atoms. The van der Waals surface area contributed by atoms with Crippen molar-refractivity contribution in [1.29, 1.82) is 0 Å². The van der Waals surface area contributed by atoms with Gasteiger partial charge in [-0.3, -0.25) is 0 Å². The van der Waals surface area contributed by atoms with Gasteiger partial charge in [-0.25, -0.2) is 0 Å². The maximum atomic E-state index is 7.50. The Hall–Kier alpha value is -2.50. The summed E-state index contributed by atoms with van der Waals surface area (Å²) in [6.07, 6.45) is 0.